The molecule has 1 saturated heterocycles. The third-order valence-corrected chi connectivity index (χ3v) is 3.49. The molecule has 2 rings (SSSR count). The number of nitrogen functional groups attached to an aromatic ring is 1. The molecule has 100 valence electrons. The second-order valence-electron chi connectivity index (χ2n) is 5.16. The van der Waals surface area contributed by atoms with Gasteiger partial charge in [0, 0.05) is 32.4 Å². The van der Waals surface area contributed by atoms with Crippen LogP contribution in [-0.4, -0.2) is 45.8 Å². The van der Waals surface area contributed by atoms with Gasteiger partial charge in [0.15, 0.2) is 0 Å². The third-order valence-electron chi connectivity index (χ3n) is 3.49. The minimum Gasteiger partial charge on any atom is -0.382 e. The van der Waals surface area contributed by atoms with Crippen LogP contribution in [0.4, 0.5) is 5.82 Å². The molecule has 0 atom stereocenters. The third kappa shape index (κ3) is 2.64. The van der Waals surface area contributed by atoms with E-state index in [-0.39, 0.29) is 5.91 Å². The average Bonchev–Trinajstić information content (AvgIpc) is 2.71. The van der Waals surface area contributed by atoms with Crippen molar-refractivity contribution in [3.63, 3.8) is 0 Å². The van der Waals surface area contributed by atoms with Crippen LogP contribution >= 0.6 is 0 Å². The first-order valence-electron chi connectivity index (χ1n) is 6.32. The molecular weight excluding hydrogens is 230 g/mol. The summed E-state index contributed by atoms with van der Waals surface area (Å²) in [4.78, 5) is 14.0. The fourth-order valence-corrected chi connectivity index (χ4v) is 2.26. The molecule has 0 bridgehead atoms. The highest BCUT2D eigenvalue weighted by Gasteiger charge is 2.36. The van der Waals surface area contributed by atoms with E-state index in [1.54, 1.807) is 6.07 Å². The van der Waals surface area contributed by atoms with Gasteiger partial charge in [-0.05, 0) is 26.3 Å². The molecule has 0 radical (unpaired) electrons. The van der Waals surface area contributed by atoms with Gasteiger partial charge in [-0.15, -0.1) is 0 Å². The highest BCUT2D eigenvalue weighted by Crippen LogP contribution is 2.17. The number of nitrogens with two attached hydrogens (primary N) is 1. The van der Waals surface area contributed by atoms with Crippen LogP contribution in [0.2, 0.25) is 0 Å². The zero-order valence-electron chi connectivity index (χ0n) is 11.0. The van der Waals surface area contributed by atoms with Crippen molar-refractivity contribution in [2.75, 3.05) is 25.4 Å². The molecule has 1 fully saturated rings. The molecule has 0 unspecified atom stereocenters. The van der Waals surface area contributed by atoms with Crippen molar-refractivity contribution in [3.8, 4) is 0 Å². The van der Waals surface area contributed by atoms with Crippen LogP contribution in [0.15, 0.2) is 12.3 Å². The minimum absolute atomic E-state index is 0.108. The molecule has 6 nitrogen and oxygen atoms in total. The highest BCUT2D eigenvalue weighted by atomic mass is 16.2. The number of aromatic nitrogens is 2. The van der Waals surface area contributed by atoms with Crippen molar-refractivity contribution in [2.45, 2.75) is 32.4 Å². The van der Waals surface area contributed by atoms with Crippen LogP contribution in [-0.2, 0) is 11.3 Å². The number of carbonyl (C=O) groups excluding carboxylic acids is 1. The normalized spacial score (nSPS) is 19.8. The first-order chi connectivity index (χ1) is 8.50. The zero-order chi connectivity index (χ0) is 13.2. The SMILES string of the molecule is CC1(C)C(=O)NCCN1CCCn1ccc(N)n1. The number of piperazine rings is 1. The second kappa shape index (κ2) is 4.97. The van der Waals surface area contributed by atoms with E-state index in [1.165, 1.54) is 0 Å². The van der Waals surface area contributed by atoms with E-state index in [0.717, 1.165) is 32.6 Å². The molecule has 0 saturated carbocycles. The molecule has 1 aliphatic heterocycles. The standard InChI is InChI=1S/C12H21N5O/c1-12(2)11(18)14-5-9-16(12)6-3-7-17-8-4-10(13)15-17/h4,8H,3,5-7,9H2,1-2H3,(H2,13,15)(H,14,18). The zero-order valence-corrected chi connectivity index (χ0v) is 11.0. The molecule has 1 aromatic rings. The van der Waals surface area contributed by atoms with E-state index in [2.05, 4.69) is 15.3 Å². The van der Waals surface area contributed by atoms with Crippen molar-refractivity contribution in [3.05, 3.63) is 12.3 Å². The van der Waals surface area contributed by atoms with E-state index in [9.17, 15) is 4.79 Å². The summed E-state index contributed by atoms with van der Waals surface area (Å²) in [5.74, 6) is 0.657. The van der Waals surface area contributed by atoms with Gasteiger partial charge < -0.3 is 11.1 Å². The molecule has 1 aromatic heterocycles. The fourth-order valence-electron chi connectivity index (χ4n) is 2.26. The van der Waals surface area contributed by atoms with E-state index >= 15 is 0 Å². The van der Waals surface area contributed by atoms with Gasteiger partial charge in [-0.3, -0.25) is 14.4 Å². The van der Waals surface area contributed by atoms with Crippen LogP contribution in [0.1, 0.15) is 20.3 Å². The summed E-state index contributed by atoms with van der Waals surface area (Å²) in [5.41, 5.74) is 5.14. The Kier molecular flexibility index (Phi) is 3.56. The van der Waals surface area contributed by atoms with Gasteiger partial charge in [0.1, 0.15) is 5.82 Å². The Bertz CT molecular complexity index is 426. The number of hydrogen-bond acceptors (Lipinski definition) is 4. The predicted molar refractivity (Wildman–Crippen MR) is 69.9 cm³/mol. The summed E-state index contributed by atoms with van der Waals surface area (Å²) in [6, 6.07) is 1.79. The quantitative estimate of drug-likeness (QED) is 0.793. The van der Waals surface area contributed by atoms with Crippen molar-refractivity contribution in [1.29, 1.82) is 0 Å². The Labute approximate surface area is 107 Å². The van der Waals surface area contributed by atoms with Gasteiger partial charge >= 0.3 is 0 Å². The van der Waals surface area contributed by atoms with Gasteiger partial charge in [-0.25, -0.2) is 0 Å². The lowest BCUT2D eigenvalue weighted by atomic mass is 9.99. The van der Waals surface area contributed by atoms with Crippen molar-refractivity contribution >= 4 is 11.7 Å². The number of aryl methyl sites for hydroxylation is 1. The molecular formula is C12H21N5O. The van der Waals surface area contributed by atoms with Crippen molar-refractivity contribution in [1.82, 2.24) is 20.0 Å². The summed E-state index contributed by atoms with van der Waals surface area (Å²) in [6.45, 7) is 7.28. The Morgan fingerprint density at radius 2 is 2.28 bits per heavy atom. The first-order valence-corrected chi connectivity index (χ1v) is 6.32. The van der Waals surface area contributed by atoms with Crippen LogP contribution in [0, 0.1) is 0 Å². The largest absolute Gasteiger partial charge is 0.382 e. The number of nitrogens with zero attached hydrogens (tertiary/aromatic N) is 3. The molecule has 0 aliphatic carbocycles. The Balaban J connectivity index is 1.84. The molecule has 2 heterocycles. The topological polar surface area (TPSA) is 76.2 Å². The van der Waals surface area contributed by atoms with Gasteiger partial charge in [-0.1, -0.05) is 0 Å². The summed E-state index contributed by atoms with van der Waals surface area (Å²) in [6.07, 6.45) is 2.83. The molecule has 1 amide bonds. The summed E-state index contributed by atoms with van der Waals surface area (Å²) < 4.78 is 1.84. The number of anilines is 1. The molecule has 1 aliphatic rings. The molecule has 3 N–H and O–H groups in total. The maximum atomic E-state index is 11.8. The number of hydrogen-bond donors (Lipinski definition) is 2. The maximum absolute atomic E-state index is 11.8. The summed E-state index contributed by atoms with van der Waals surface area (Å²) >= 11 is 0. The Morgan fingerprint density at radius 3 is 2.94 bits per heavy atom. The van der Waals surface area contributed by atoms with Crippen molar-refractivity contribution in [2.24, 2.45) is 0 Å². The van der Waals surface area contributed by atoms with E-state index < -0.39 is 5.54 Å². The van der Waals surface area contributed by atoms with Crippen LogP contribution in [0.3, 0.4) is 0 Å². The fraction of sp³-hybridized carbons (Fsp3) is 0.667. The summed E-state index contributed by atoms with van der Waals surface area (Å²) in [5, 5.41) is 7.04. The molecule has 6 heteroatoms. The van der Waals surface area contributed by atoms with Gasteiger partial charge in [0.25, 0.3) is 0 Å². The maximum Gasteiger partial charge on any atom is 0.239 e. The summed E-state index contributed by atoms with van der Waals surface area (Å²) in [7, 11) is 0. The monoisotopic (exact) mass is 251 g/mol. The smallest absolute Gasteiger partial charge is 0.239 e. The second-order valence-corrected chi connectivity index (χ2v) is 5.16. The van der Waals surface area contributed by atoms with E-state index in [0.29, 0.717) is 5.82 Å². The Hall–Kier alpha value is -1.56. The van der Waals surface area contributed by atoms with Gasteiger partial charge in [-0.2, -0.15) is 5.10 Å². The Morgan fingerprint density at radius 1 is 1.50 bits per heavy atom. The molecule has 0 aromatic carbocycles. The lowest BCUT2D eigenvalue weighted by molar-refractivity contribution is -0.135. The first kappa shape index (κ1) is 12.9. The van der Waals surface area contributed by atoms with E-state index in [4.69, 9.17) is 5.73 Å². The average molecular weight is 251 g/mol. The predicted octanol–water partition coefficient (Wildman–Crippen LogP) is 0.0658. The number of carbonyl (C=O) groups is 1. The van der Waals surface area contributed by atoms with Crippen LogP contribution < -0.4 is 11.1 Å². The molecule has 18 heavy (non-hydrogen) atoms. The van der Waals surface area contributed by atoms with Crippen LogP contribution in [0.5, 0.6) is 0 Å². The number of nitrogens with one attached hydrogen (secondary N) is 1. The molecule has 0 spiro atoms. The van der Waals surface area contributed by atoms with Crippen molar-refractivity contribution < 1.29 is 4.79 Å². The van der Waals surface area contributed by atoms with Crippen LogP contribution in [0.25, 0.3) is 0 Å². The highest BCUT2D eigenvalue weighted by molar-refractivity contribution is 5.86. The van der Waals surface area contributed by atoms with Gasteiger partial charge in [0.05, 0.1) is 5.54 Å². The van der Waals surface area contributed by atoms with Gasteiger partial charge in [0.2, 0.25) is 5.91 Å². The lowest BCUT2D eigenvalue weighted by Crippen LogP contribution is -2.61. The number of rotatable bonds is 4. The van der Waals surface area contributed by atoms with E-state index in [1.807, 2.05) is 24.7 Å². The minimum atomic E-state index is -0.415. The lowest BCUT2D eigenvalue weighted by Gasteiger charge is -2.41. The number of amides is 1.